The first-order valence-electron chi connectivity index (χ1n) is 2.31. The van der Waals surface area contributed by atoms with Crippen LogP contribution >= 0.6 is 0 Å². The van der Waals surface area contributed by atoms with Gasteiger partial charge in [0.2, 0.25) is 0 Å². The zero-order chi connectivity index (χ0) is 5.98. The van der Waals surface area contributed by atoms with E-state index in [1.54, 1.807) is 12.1 Å². The van der Waals surface area contributed by atoms with Crippen LogP contribution in [0.1, 0.15) is 0 Å². The van der Waals surface area contributed by atoms with E-state index in [1.165, 1.54) is 12.1 Å². The minimum absolute atomic E-state index is 0. The van der Waals surface area contributed by atoms with Gasteiger partial charge in [-0.1, -0.05) is 12.1 Å². The van der Waals surface area contributed by atoms with Crippen LogP contribution in [-0.4, -0.2) is 0 Å². The Labute approximate surface area is 76.0 Å². The van der Waals surface area contributed by atoms with Crippen molar-refractivity contribution in [3.05, 3.63) is 24.3 Å². The van der Waals surface area contributed by atoms with Crippen molar-refractivity contribution in [1.29, 1.82) is 0 Å². The zero-order valence-electron chi connectivity index (χ0n) is 5.29. The predicted molar refractivity (Wildman–Crippen MR) is 30.3 cm³/mol. The summed E-state index contributed by atoms with van der Waals surface area (Å²) < 4.78 is 0. The molecule has 0 atom stereocenters. The molecule has 0 unspecified atom stereocenters. The summed E-state index contributed by atoms with van der Waals surface area (Å²) in [6.07, 6.45) is 0. The summed E-state index contributed by atoms with van der Waals surface area (Å²) >= 11 is 0. The Balaban J connectivity index is 0.000000640. The van der Waals surface area contributed by atoms with Gasteiger partial charge < -0.3 is 10.8 Å². The molecule has 0 aromatic heterocycles. The molecular weight excluding hydrogens is 125 g/mol. The van der Waals surface area contributed by atoms with Crippen molar-refractivity contribution < 1.29 is 34.7 Å². The molecule has 0 aliphatic carbocycles. The van der Waals surface area contributed by atoms with E-state index in [-0.39, 0.29) is 35.3 Å². The van der Waals surface area contributed by atoms with Crippen LogP contribution in [0.5, 0.6) is 5.75 Å². The first-order valence-corrected chi connectivity index (χ1v) is 2.31. The van der Waals surface area contributed by atoms with E-state index in [0.717, 1.165) is 0 Å². The van der Waals surface area contributed by atoms with Crippen molar-refractivity contribution in [2.75, 3.05) is 5.73 Å². The second-order valence-electron chi connectivity index (χ2n) is 1.57. The summed E-state index contributed by atoms with van der Waals surface area (Å²) in [6, 6.07) is 6.18. The molecule has 0 aliphatic heterocycles. The molecule has 3 heteroatoms. The fraction of sp³-hybridized carbons (Fsp3) is 0. The molecule has 0 heterocycles. The molecule has 0 saturated heterocycles. The first-order chi connectivity index (χ1) is 3.79. The Kier molecular flexibility index (Phi) is 3.70. The van der Waals surface area contributed by atoms with Crippen LogP contribution in [0.3, 0.4) is 0 Å². The molecule has 2 nitrogen and oxygen atoms in total. The maximum atomic E-state index is 10.4. The SMILES string of the molecule is Nc1cccc([O-])c1.[Na+]. The van der Waals surface area contributed by atoms with Crippen LogP contribution in [-0.2, 0) is 0 Å². The molecule has 1 aromatic rings. The quantitative estimate of drug-likeness (QED) is 0.309. The Bertz CT molecular complexity index is 173. The Morgan fingerprint density at radius 3 is 2.33 bits per heavy atom. The molecule has 0 spiro atoms. The molecular formula is C6H6NNaO. The van der Waals surface area contributed by atoms with E-state index in [0.29, 0.717) is 5.69 Å². The van der Waals surface area contributed by atoms with Crippen molar-refractivity contribution in [3.8, 4) is 5.75 Å². The number of nitrogen functional groups attached to an aromatic ring is 1. The molecule has 1 rings (SSSR count). The molecule has 0 fully saturated rings. The first kappa shape index (κ1) is 8.82. The van der Waals surface area contributed by atoms with Crippen molar-refractivity contribution in [2.24, 2.45) is 0 Å². The summed E-state index contributed by atoms with van der Waals surface area (Å²) in [5, 5.41) is 10.4. The van der Waals surface area contributed by atoms with Gasteiger partial charge in [-0.3, -0.25) is 0 Å². The van der Waals surface area contributed by atoms with Gasteiger partial charge in [0.25, 0.3) is 0 Å². The largest absolute Gasteiger partial charge is 1.00 e. The minimum atomic E-state index is -0.0370. The van der Waals surface area contributed by atoms with E-state index in [1.807, 2.05) is 0 Å². The van der Waals surface area contributed by atoms with E-state index in [4.69, 9.17) is 5.73 Å². The van der Waals surface area contributed by atoms with Gasteiger partial charge in [0.1, 0.15) is 0 Å². The molecule has 9 heavy (non-hydrogen) atoms. The van der Waals surface area contributed by atoms with Gasteiger partial charge in [0.15, 0.2) is 0 Å². The second kappa shape index (κ2) is 3.77. The molecule has 0 bridgehead atoms. The maximum absolute atomic E-state index is 10.4. The summed E-state index contributed by atoms with van der Waals surface area (Å²) in [5.41, 5.74) is 5.78. The Morgan fingerprint density at radius 2 is 2.00 bits per heavy atom. The second-order valence-corrected chi connectivity index (χ2v) is 1.57. The monoisotopic (exact) mass is 131 g/mol. The van der Waals surface area contributed by atoms with Crippen LogP contribution in [0.2, 0.25) is 0 Å². The van der Waals surface area contributed by atoms with Crippen LogP contribution in [0.4, 0.5) is 5.69 Å². The van der Waals surface area contributed by atoms with Gasteiger partial charge in [-0.25, -0.2) is 0 Å². The van der Waals surface area contributed by atoms with Crippen LogP contribution in [0.25, 0.3) is 0 Å². The van der Waals surface area contributed by atoms with E-state index >= 15 is 0 Å². The summed E-state index contributed by atoms with van der Waals surface area (Å²) in [7, 11) is 0. The fourth-order valence-electron chi connectivity index (χ4n) is 0.515. The van der Waals surface area contributed by atoms with Crippen LogP contribution in [0.15, 0.2) is 24.3 Å². The smallest absolute Gasteiger partial charge is 0.872 e. The summed E-state index contributed by atoms with van der Waals surface area (Å²) in [6.45, 7) is 0. The van der Waals surface area contributed by atoms with Crippen LogP contribution < -0.4 is 40.4 Å². The predicted octanol–water partition coefficient (Wildman–Crippen LogP) is -2.65. The van der Waals surface area contributed by atoms with E-state index in [9.17, 15) is 5.11 Å². The summed E-state index contributed by atoms with van der Waals surface area (Å²) in [5.74, 6) is -0.0370. The summed E-state index contributed by atoms with van der Waals surface area (Å²) in [4.78, 5) is 0. The van der Waals surface area contributed by atoms with Gasteiger partial charge in [-0.05, 0) is 12.1 Å². The van der Waals surface area contributed by atoms with Gasteiger partial charge >= 0.3 is 29.6 Å². The number of hydrogen-bond donors (Lipinski definition) is 1. The van der Waals surface area contributed by atoms with Crippen molar-refractivity contribution >= 4 is 5.69 Å². The van der Waals surface area contributed by atoms with Crippen molar-refractivity contribution in [2.45, 2.75) is 0 Å². The molecule has 42 valence electrons. The van der Waals surface area contributed by atoms with Gasteiger partial charge in [0.05, 0.1) is 0 Å². The number of anilines is 1. The van der Waals surface area contributed by atoms with Crippen molar-refractivity contribution in [1.82, 2.24) is 0 Å². The number of rotatable bonds is 0. The normalized spacial score (nSPS) is 8.00. The number of nitrogens with two attached hydrogens (primary N) is 1. The standard InChI is InChI=1S/C6H7NO.Na/c7-5-2-1-3-6(8)4-5;/h1-4,8H,7H2;/q;+1/p-1. The Hall–Kier alpha value is -0.180. The average molecular weight is 131 g/mol. The van der Waals surface area contributed by atoms with Gasteiger partial charge in [0, 0.05) is 5.69 Å². The third-order valence-corrected chi connectivity index (χ3v) is 0.858. The van der Waals surface area contributed by atoms with E-state index < -0.39 is 0 Å². The molecule has 0 aliphatic rings. The third kappa shape index (κ3) is 2.75. The van der Waals surface area contributed by atoms with Gasteiger partial charge in [-0.2, -0.15) is 0 Å². The minimum Gasteiger partial charge on any atom is -0.872 e. The van der Waals surface area contributed by atoms with Crippen molar-refractivity contribution in [3.63, 3.8) is 0 Å². The molecule has 0 saturated carbocycles. The third-order valence-electron chi connectivity index (χ3n) is 0.858. The van der Waals surface area contributed by atoms with E-state index in [2.05, 4.69) is 0 Å². The Morgan fingerprint density at radius 1 is 1.33 bits per heavy atom. The van der Waals surface area contributed by atoms with Gasteiger partial charge in [-0.15, -0.1) is 5.75 Å². The van der Waals surface area contributed by atoms with Crippen LogP contribution in [0, 0.1) is 0 Å². The number of benzene rings is 1. The number of hydrogen-bond acceptors (Lipinski definition) is 2. The molecule has 1 aromatic carbocycles. The zero-order valence-corrected chi connectivity index (χ0v) is 7.29. The molecule has 0 amide bonds. The topological polar surface area (TPSA) is 49.1 Å². The maximum Gasteiger partial charge on any atom is 1.00 e. The average Bonchev–Trinajstić information content (AvgIpc) is 1.64. The fourth-order valence-corrected chi connectivity index (χ4v) is 0.515. The molecule has 2 N–H and O–H groups in total. The molecule has 0 radical (unpaired) electrons.